The van der Waals surface area contributed by atoms with Gasteiger partial charge in [-0.3, -0.25) is 14.4 Å². The fourth-order valence-electron chi connectivity index (χ4n) is 2.89. The third kappa shape index (κ3) is 5.89. The van der Waals surface area contributed by atoms with E-state index in [1.807, 2.05) is 17.0 Å². The van der Waals surface area contributed by atoms with E-state index in [2.05, 4.69) is 17.4 Å². The van der Waals surface area contributed by atoms with E-state index in [4.69, 9.17) is 0 Å². The Balaban J connectivity index is 1.64. The van der Waals surface area contributed by atoms with E-state index >= 15 is 0 Å². The Morgan fingerprint density at radius 2 is 1.80 bits per heavy atom. The van der Waals surface area contributed by atoms with Crippen molar-refractivity contribution in [3.8, 4) is 0 Å². The van der Waals surface area contributed by atoms with Crippen molar-refractivity contribution in [1.82, 2.24) is 15.1 Å². The van der Waals surface area contributed by atoms with Gasteiger partial charge in [-0.15, -0.1) is 0 Å². The highest BCUT2D eigenvalue weighted by Gasteiger charge is 2.20. The highest BCUT2D eigenvalue weighted by Crippen LogP contribution is 2.19. The maximum Gasteiger partial charge on any atom is 0.223 e. The first-order chi connectivity index (χ1) is 12.0. The topological polar surface area (TPSA) is 69.7 Å². The van der Waals surface area contributed by atoms with Gasteiger partial charge in [0.05, 0.1) is 0 Å². The number of hydrogen-bond acceptors (Lipinski definition) is 3. The number of benzene rings is 1. The van der Waals surface area contributed by atoms with Crippen LogP contribution in [0.25, 0.3) is 0 Å². The van der Waals surface area contributed by atoms with Crippen LogP contribution in [0, 0.1) is 0 Å². The Morgan fingerprint density at radius 1 is 1.08 bits per heavy atom. The molecule has 136 valence electrons. The van der Waals surface area contributed by atoms with Crippen molar-refractivity contribution in [3.05, 3.63) is 35.4 Å². The monoisotopic (exact) mass is 345 g/mol. The summed E-state index contributed by atoms with van der Waals surface area (Å²) < 4.78 is 0. The standard InChI is InChI=1S/C19H27N3O3/c1-21(2)18(24)10-12-20-17(23)8-5-9-19(25)22-13-11-15-6-3-4-7-16(15)14-22/h3-4,6-7H,5,8-14H2,1-2H3,(H,20,23). The van der Waals surface area contributed by atoms with Gasteiger partial charge in [0.25, 0.3) is 0 Å². The molecule has 2 rings (SSSR count). The minimum atomic E-state index is -0.108. The second-order valence-electron chi connectivity index (χ2n) is 6.58. The van der Waals surface area contributed by atoms with Gasteiger partial charge in [0, 0.05) is 53.0 Å². The first-order valence-electron chi connectivity index (χ1n) is 8.79. The molecule has 1 aromatic rings. The second kappa shape index (κ2) is 9.20. The lowest BCUT2D eigenvalue weighted by Crippen LogP contribution is -2.36. The van der Waals surface area contributed by atoms with E-state index in [0.29, 0.717) is 38.8 Å². The van der Waals surface area contributed by atoms with Gasteiger partial charge in [-0.2, -0.15) is 0 Å². The number of nitrogens with zero attached hydrogens (tertiary/aromatic N) is 2. The van der Waals surface area contributed by atoms with E-state index in [-0.39, 0.29) is 17.7 Å². The summed E-state index contributed by atoms with van der Waals surface area (Å²) in [5.41, 5.74) is 2.53. The fourth-order valence-corrected chi connectivity index (χ4v) is 2.89. The van der Waals surface area contributed by atoms with Gasteiger partial charge in [-0.25, -0.2) is 0 Å². The molecule has 1 N–H and O–H groups in total. The average Bonchev–Trinajstić information content (AvgIpc) is 2.61. The molecule has 0 spiro atoms. The Kier molecular flexibility index (Phi) is 6.98. The summed E-state index contributed by atoms with van der Waals surface area (Å²) in [6.07, 6.45) is 2.41. The summed E-state index contributed by atoms with van der Waals surface area (Å²) >= 11 is 0. The van der Waals surface area contributed by atoms with Gasteiger partial charge >= 0.3 is 0 Å². The zero-order valence-corrected chi connectivity index (χ0v) is 15.1. The number of carbonyl (C=O) groups is 3. The molecule has 0 aromatic heterocycles. The molecular weight excluding hydrogens is 318 g/mol. The molecule has 0 bridgehead atoms. The Bertz CT molecular complexity index is 628. The van der Waals surface area contributed by atoms with Crippen LogP contribution in [-0.2, 0) is 27.3 Å². The van der Waals surface area contributed by atoms with Crippen LogP contribution in [0.4, 0.5) is 0 Å². The van der Waals surface area contributed by atoms with Crippen molar-refractivity contribution < 1.29 is 14.4 Å². The fraction of sp³-hybridized carbons (Fsp3) is 0.526. The van der Waals surface area contributed by atoms with Crippen molar-refractivity contribution in [2.75, 3.05) is 27.2 Å². The number of amides is 3. The van der Waals surface area contributed by atoms with Crippen LogP contribution in [-0.4, -0.2) is 54.7 Å². The molecule has 0 radical (unpaired) electrons. The summed E-state index contributed by atoms with van der Waals surface area (Å²) in [6, 6.07) is 8.21. The molecule has 0 unspecified atom stereocenters. The third-order valence-electron chi connectivity index (χ3n) is 4.44. The van der Waals surface area contributed by atoms with E-state index in [9.17, 15) is 14.4 Å². The van der Waals surface area contributed by atoms with Crippen LogP contribution in [0.1, 0.15) is 36.8 Å². The zero-order chi connectivity index (χ0) is 18.2. The van der Waals surface area contributed by atoms with Crippen molar-refractivity contribution in [1.29, 1.82) is 0 Å². The van der Waals surface area contributed by atoms with E-state index in [1.165, 1.54) is 16.0 Å². The Labute approximate surface area is 149 Å². The van der Waals surface area contributed by atoms with Crippen LogP contribution < -0.4 is 5.32 Å². The normalized spacial score (nSPS) is 13.1. The highest BCUT2D eigenvalue weighted by atomic mass is 16.2. The largest absolute Gasteiger partial charge is 0.356 e. The molecule has 1 heterocycles. The van der Waals surface area contributed by atoms with Crippen LogP contribution in [0.3, 0.4) is 0 Å². The number of fused-ring (bicyclic) bond motifs is 1. The summed E-state index contributed by atoms with van der Waals surface area (Å²) in [6.45, 7) is 1.75. The lowest BCUT2D eigenvalue weighted by Gasteiger charge is -2.29. The maximum atomic E-state index is 12.3. The van der Waals surface area contributed by atoms with Crippen molar-refractivity contribution in [2.24, 2.45) is 0 Å². The molecule has 0 saturated heterocycles. The molecule has 0 aliphatic carbocycles. The van der Waals surface area contributed by atoms with Crippen LogP contribution in [0.5, 0.6) is 0 Å². The smallest absolute Gasteiger partial charge is 0.223 e. The van der Waals surface area contributed by atoms with E-state index < -0.39 is 0 Å². The van der Waals surface area contributed by atoms with E-state index in [0.717, 1.165) is 13.0 Å². The Morgan fingerprint density at radius 3 is 2.52 bits per heavy atom. The molecule has 3 amide bonds. The summed E-state index contributed by atoms with van der Waals surface area (Å²) in [5, 5.41) is 2.72. The number of rotatable bonds is 7. The molecule has 0 saturated carbocycles. The second-order valence-corrected chi connectivity index (χ2v) is 6.58. The Hall–Kier alpha value is -2.37. The molecule has 6 heteroatoms. The first kappa shape index (κ1) is 19.0. The van der Waals surface area contributed by atoms with Gasteiger partial charge in [0.15, 0.2) is 0 Å². The van der Waals surface area contributed by atoms with Crippen LogP contribution in [0.15, 0.2) is 24.3 Å². The van der Waals surface area contributed by atoms with Gasteiger partial charge in [-0.05, 0) is 24.0 Å². The zero-order valence-electron chi connectivity index (χ0n) is 15.1. The highest BCUT2D eigenvalue weighted by molar-refractivity contribution is 5.80. The molecule has 1 aliphatic heterocycles. The molecular formula is C19H27N3O3. The maximum absolute atomic E-state index is 12.3. The molecule has 6 nitrogen and oxygen atoms in total. The van der Waals surface area contributed by atoms with Gasteiger partial charge in [0.2, 0.25) is 17.7 Å². The van der Waals surface area contributed by atoms with E-state index in [1.54, 1.807) is 14.1 Å². The van der Waals surface area contributed by atoms with Crippen LogP contribution in [0.2, 0.25) is 0 Å². The molecule has 1 aliphatic rings. The van der Waals surface area contributed by atoms with Crippen molar-refractivity contribution >= 4 is 17.7 Å². The molecule has 0 atom stereocenters. The van der Waals surface area contributed by atoms with Crippen molar-refractivity contribution in [2.45, 2.75) is 38.6 Å². The summed E-state index contributed by atoms with van der Waals surface area (Å²) in [7, 11) is 3.38. The quantitative estimate of drug-likeness (QED) is 0.811. The number of hydrogen-bond donors (Lipinski definition) is 1. The lowest BCUT2D eigenvalue weighted by molar-refractivity contribution is -0.132. The molecule has 1 aromatic carbocycles. The minimum Gasteiger partial charge on any atom is -0.356 e. The average molecular weight is 345 g/mol. The number of carbonyl (C=O) groups excluding carboxylic acids is 3. The van der Waals surface area contributed by atoms with Gasteiger partial charge in [-0.1, -0.05) is 24.3 Å². The predicted molar refractivity (Wildman–Crippen MR) is 95.7 cm³/mol. The first-order valence-corrected chi connectivity index (χ1v) is 8.79. The van der Waals surface area contributed by atoms with Crippen molar-refractivity contribution in [3.63, 3.8) is 0 Å². The summed E-state index contributed by atoms with van der Waals surface area (Å²) in [5.74, 6) is -0.0192. The van der Waals surface area contributed by atoms with Crippen LogP contribution >= 0.6 is 0 Å². The third-order valence-corrected chi connectivity index (χ3v) is 4.44. The number of nitrogens with one attached hydrogen (secondary N) is 1. The lowest BCUT2D eigenvalue weighted by atomic mass is 9.99. The van der Waals surface area contributed by atoms with Gasteiger partial charge in [0.1, 0.15) is 0 Å². The molecule has 0 fully saturated rings. The minimum absolute atomic E-state index is 0.0131. The SMILES string of the molecule is CN(C)C(=O)CCNC(=O)CCCC(=O)N1CCc2ccccc2C1. The predicted octanol–water partition coefficient (Wildman–Crippen LogP) is 1.34. The summed E-state index contributed by atoms with van der Waals surface area (Å²) in [4.78, 5) is 38.9. The molecule has 25 heavy (non-hydrogen) atoms. The van der Waals surface area contributed by atoms with Gasteiger partial charge < -0.3 is 15.1 Å².